The molecule has 1 aromatic heterocycles. The van der Waals surface area contributed by atoms with Gasteiger partial charge in [0.1, 0.15) is 0 Å². The number of nitrogens with zero attached hydrogens (tertiary/aromatic N) is 2. The summed E-state index contributed by atoms with van der Waals surface area (Å²) in [6.45, 7) is 0.348. The summed E-state index contributed by atoms with van der Waals surface area (Å²) in [7, 11) is 2.57. The molecule has 0 saturated carbocycles. The topological polar surface area (TPSA) is 85.3 Å². The van der Waals surface area contributed by atoms with Crippen molar-refractivity contribution in [3.63, 3.8) is 0 Å². The van der Waals surface area contributed by atoms with Gasteiger partial charge in [-0.1, -0.05) is 6.07 Å². The van der Waals surface area contributed by atoms with E-state index in [9.17, 15) is 14.4 Å². The molecule has 9 heteroatoms. The fraction of sp³-hybridized carbons (Fsp3) is 0.158. The number of thiophene rings is 1. The van der Waals surface area contributed by atoms with E-state index in [1.54, 1.807) is 24.3 Å². The van der Waals surface area contributed by atoms with Crippen molar-refractivity contribution in [2.75, 3.05) is 14.2 Å². The fourth-order valence-electron chi connectivity index (χ4n) is 2.36. The van der Waals surface area contributed by atoms with Crippen LogP contribution < -0.4 is 0 Å². The summed E-state index contributed by atoms with van der Waals surface area (Å²) >= 11 is 2.63. The van der Waals surface area contributed by atoms with Crippen LogP contribution in [0, 0.1) is 0 Å². The molecule has 0 radical (unpaired) electrons. The number of hydrogen-bond acceptors (Lipinski definition) is 8. The number of hydrogen-bond donors (Lipinski definition) is 0. The number of rotatable bonds is 5. The minimum absolute atomic E-state index is 0.244. The lowest BCUT2D eigenvalue weighted by atomic mass is 10.2. The molecule has 3 rings (SSSR count). The molecule has 1 aliphatic rings. The molecule has 2 heterocycles. The summed E-state index contributed by atoms with van der Waals surface area (Å²) in [6.07, 6.45) is 1.16. The van der Waals surface area contributed by atoms with Crippen LogP contribution in [0.25, 0.3) is 0 Å². The van der Waals surface area contributed by atoms with Crippen LogP contribution in [0.5, 0.6) is 0 Å². The van der Waals surface area contributed by atoms with Gasteiger partial charge in [-0.2, -0.15) is 0 Å². The molecule has 0 N–H and O–H groups in total. The molecule has 144 valence electrons. The Morgan fingerprint density at radius 1 is 1.14 bits per heavy atom. The van der Waals surface area contributed by atoms with Gasteiger partial charge in [0.05, 0.1) is 36.9 Å². The lowest BCUT2D eigenvalue weighted by Gasteiger charge is -2.14. The number of thioether (sulfide) groups is 1. The number of carbonyl (C=O) groups is 3. The first-order valence-electron chi connectivity index (χ1n) is 8.10. The second kappa shape index (κ2) is 8.85. The van der Waals surface area contributed by atoms with Gasteiger partial charge in [0.25, 0.3) is 5.91 Å². The van der Waals surface area contributed by atoms with Crippen molar-refractivity contribution < 1.29 is 23.9 Å². The maximum Gasteiger partial charge on any atom is 0.337 e. The van der Waals surface area contributed by atoms with E-state index in [-0.39, 0.29) is 10.8 Å². The Labute approximate surface area is 169 Å². The minimum atomic E-state index is -0.601. The van der Waals surface area contributed by atoms with E-state index in [1.165, 1.54) is 30.5 Å². The lowest BCUT2D eigenvalue weighted by molar-refractivity contribution is -0.135. The van der Waals surface area contributed by atoms with Crippen molar-refractivity contribution in [3.8, 4) is 0 Å². The Balaban J connectivity index is 1.91. The molecule has 0 unspecified atom stereocenters. The van der Waals surface area contributed by atoms with Crippen LogP contribution in [0.4, 0.5) is 5.69 Å². The van der Waals surface area contributed by atoms with Crippen LogP contribution >= 0.6 is 23.1 Å². The molecule has 2 aromatic rings. The van der Waals surface area contributed by atoms with Crippen molar-refractivity contribution in [2.24, 2.45) is 4.99 Å². The van der Waals surface area contributed by atoms with E-state index in [2.05, 4.69) is 14.5 Å². The highest BCUT2D eigenvalue weighted by molar-refractivity contribution is 8.18. The molecule has 1 aromatic carbocycles. The summed E-state index contributed by atoms with van der Waals surface area (Å²) in [6, 6.07) is 10.4. The van der Waals surface area contributed by atoms with Gasteiger partial charge in [0.2, 0.25) is 0 Å². The molecule has 0 bridgehead atoms. The third kappa shape index (κ3) is 4.49. The second-order valence-electron chi connectivity index (χ2n) is 5.54. The molecule has 7 nitrogen and oxygen atoms in total. The molecule has 1 fully saturated rings. The molecule has 0 spiro atoms. The number of methoxy groups -OCH3 is 2. The molecule has 1 aliphatic heterocycles. The first-order chi connectivity index (χ1) is 13.5. The minimum Gasteiger partial charge on any atom is -0.466 e. The van der Waals surface area contributed by atoms with Crippen LogP contribution in [-0.4, -0.2) is 42.1 Å². The molecule has 1 amide bonds. The van der Waals surface area contributed by atoms with Crippen LogP contribution in [-0.2, 0) is 25.6 Å². The lowest BCUT2D eigenvalue weighted by Crippen LogP contribution is -2.28. The van der Waals surface area contributed by atoms with Gasteiger partial charge in [-0.3, -0.25) is 9.69 Å². The van der Waals surface area contributed by atoms with E-state index in [4.69, 9.17) is 0 Å². The Kier molecular flexibility index (Phi) is 6.27. The zero-order valence-electron chi connectivity index (χ0n) is 15.1. The maximum absolute atomic E-state index is 12.8. The highest BCUT2D eigenvalue weighted by Crippen LogP contribution is 2.34. The van der Waals surface area contributed by atoms with Crippen LogP contribution in [0.2, 0.25) is 0 Å². The molecule has 1 saturated heterocycles. The average molecular weight is 416 g/mol. The standard InChI is InChI=1S/C19H16N2O5S2/c1-25-16(22)10-15-17(23)21(11-14-4-3-9-27-14)19(28-15)20-13-7-5-12(6-8-13)18(24)26-2/h3-10H,11H2,1-2H3. The summed E-state index contributed by atoms with van der Waals surface area (Å²) in [5.41, 5.74) is 0.974. The first-order valence-corrected chi connectivity index (χ1v) is 9.80. The molecule has 28 heavy (non-hydrogen) atoms. The predicted octanol–water partition coefficient (Wildman–Crippen LogP) is 3.35. The smallest absolute Gasteiger partial charge is 0.337 e. The van der Waals surface area contributed by atoms with Crippen molar-refractivity contribution in [3.05, 3.63) is 63.2 Å². The molecule has 0 aliphatic carbocycles. The monoisotopic (exact) mass is 416 g/mol. The summed E-state index contributed by atoms with van der Waals surface area (Å²) in [5.74, 6) is -1.35. The maximum atomic E-state index is 12.8. The zero-order valence-corrected chi connectivity index (χ0v) is 16.7. The number of amidine groups is 1. The quantitative estimate of drug-likeness (QED) is 0.549. The third-order valence-corrected chi connectivity index (χ3v) is 5.61. The summed E-state index contributed by atoms with van der Waals surface area (Å²) in [4.78, 5) is 43.1. The van der Waals surface area contributed by atoms with Gasteiger partial charge in [-0.05, 0) is 47.5 Å². The van der Waals surface area contributed by atoms with Gasteiger partial charge < -0.3 is 9.47 Å². The van der Waals surface area contributed by atoms with E-state index in [1.807, 2.05) is 17.5 Å². The van der Waals surface area contributed by atoms with Crippen LogP contribution in [0.1, 0.15) is 15.2 Å². The number of ether oxygens (including phenoxy) is 2. The van der Waals surface area contributed by atoms with Gasteiger partial charge in [0.15, 0.2) is 5.17 Å². The average Bonchev–Trinajstić information content (AvgIpc) is 3.32. The zero-order chi connectivity index (χ0) is 20.1. The highest BCUT2D eigenvalue weighted by atomic mass is 32.2. The van der Waals surface area contributed by atoms with Gasteiger partial charge in [-0.25, -0.2) is 14.6 Å². The Morgan fingerprint density at radius 2 is 1.89 bits per heavy atom. The fourth-order valence-corrected chi connectivity index (χ4v) is 4.01. The van der Waals surface area contributed by atoms with Crippen molar-refractivity contribution >= 4 is 51.8 Å². The van der Waals surface area contributed by atoms with E-state index >= 15 is 0 Å². The number of amides is 1. The third-order valence-electron chi connectivity index (χ3n) is 3.75. The Morgan fingerprint density at radius 3 is 2.50 bits per heavy atom. The second-order valence-corrected chi connectivity index (χ2v) is 7.58. The Bertz CT molecular complexity index is 949. The van der Waals surface area contributed by atoms with E-state index in [0.29, 0.717) is 23.0 Å². The van der Waals surface area contributed by atoms with Crippen molar-refractivity contribution in [1.82, 2.24) is 4.90 Å². The predicted molar refractivity (Wildman–Crippen MR) is 107 cm³/mol. The van der Waals surface area contributed by atoms with Crippen LogP contribution in [0.3, 0.4) is 0 Å². The number of aliphatic imine (C=N–C) groups is 1. The first kappa shape index (κ1) is 19.8. The number of carbonyl (C=O) groups excluding carboxylic acids is 3. The number of benzene rings is 1. The Hall–Kier alpha value is -2.91. The van der Waals surface area contributed by atoms with Crippen molar-refractivity contribution in [1.29, 1.82) is 0 Å². The number of esters is 2. The van der Waals surface area contributed by atoms with Gasteiger partial charge in [-0.15, -0.1) is 11.3 Å². The normalized spacial score (nSPS) is 16.6. The van der Waals surface area contributed by atoms with Gasteiger partial charge in [0, 0.05) is 11.0 Å². The highest BCUT2D eigenvalue weighted by Gasteiger charge is 2.34. The largest absolute Gasteiger partial charge is 0.466 e. The van der Waals surface area contributed by atoms with E-state index < -0.39 is 11.9 Å². The van der Waals surface area contributed by atoms with Gasteiger partial charge >= 0.3 is 11.9 Å². The van der Waals surface area contributed by atoms with Crippen LogP contribution in [0.15, 0.2) is 57.8 Å². The van der Waals surface area contributed by atoms with Crippen molar-refractivity contribution in [2.45, 2.75) is 6.54 Å². The molecular formula is C19H16N2O5S2. The summed E-state index contributed by atoms with van der Waals surface area (Å²) in [5, 5.41) is 2.37. The molecule has 0 atom stereocenters. The SMILES string of the molecule is COC(=O)C=C1SC(=Nc2ccc(C(=O)OC)cc2)N(Cc2cccs2)C1=O. The van der Waals surface area contributed by atoms with E-state index in [0.717, 1.165) is 22.7 Å². The summed E-state index contributed by atoms with van der Waals surface area (Å²) < 4.78 is 9.30. The molecular weight excluding hydrogens is 400 g/mol.